The van der Waals surface area contributed by atoms with Crippen LogP contribution in [-0.4, -0.2) is 24.2 Å². The highest BCUT2D eigenvalue weighted by Crippen LogP contribution is 2.48. The number of hydrogen-bond acceptors (Lipinski definition) is 5. The lowest BCUT2D eigenvalue weighted by atomic mass is 10.1. The van der Waals surface area contributed by atoms with Crippen LogP contribution in [0, 0.1) is 0 Å². The van der Waals surface area contributed by atoms with E-state index < -0.39 is 0 Å². The Labute approximate surface area is 126 Å². The van der Waals surface area contributed by atoms with Crippen molar-refractivity contribution < 1.29 is 4.52 Å². The van der Waals surface area contributed by atoms with Crippen LogP contribution in [0.4, 0.5) is 5.95 Å². The van der Waals surface area contributed by atoms with Gasteiger partial charge >= 0.3 is 0 Å². The Morgan fingerprint density at radius 2 is 2.10 bits per heavy atom. The maximum absolute atomic E-state index is 5.24. The zero-order chi connectivity index (χ0) is 14.2. The molecule has 0 atom stereocenters. The third-order valence-corrected chi connectivity index (χ3v) is 4.27. The smallest absolute Gasteiger partial charge is 0.265 e. The normalized spacial score (nSPS) is 16.1. The van der Waals surface area contributed by atoms with Gasteiger partial charge in [-0.15, -0.1) is 0 Å². The van der Waals surface area contributed by atoms with E-state index in [1.807, 2.05) is 25.1 Å². The number of anilines is 1. The molecule has 0 amide bonds. The molecule has 1 saturated carbocycles. The van der Waals surface area contributed by atoms with Crippen molar-refractivity contribution in [2.75, 3.05) is 19.0 Å². The van der Waals surface area contributed by atoms with Gasteiger partial charge in [0.05, 0.1) is 6.54 Å². The monoisotopic (exact) mass is 336 g/mol. The molecular weight excluding hydrogens is 320 g/mol. The van der Waals surface area contributed by atoms with Gasteiger partial charge in [-0.05, 0) is 29.6 Å². The van der Waals surface area contributed by atoms with Crippen LogP contribution in [0.15, 0.2) is 33.3 Å². The summed E-state index contributed by atoms with van der Waals surface area (Å²) >= 11 is 3.62. The zero-order valence-corrected chi connectivity index (χ0v) is 13.1. The molecule has 1 fully saturated rings. The average Bonchev–Trinajstić information content (AvgIpc) is 3.06. The van der Waals surface area contributed by atoms with Gasteiger partial charge in [0.1, 0.15) is 0 Å². The summed E-state index contributed by atoms with van der Waals surface area (Å²) in [5.41, 5.74) is 1.35. The number of benzene rings is 1. The van der Waals surface area contributed by atoms with Crippen LogP contribution in [0.5, 0.6) is 0 Å². The second kappa shape index (κ2) is 5.18. The van der Waals surface area contributed by atoms with Crippen LogP contribution >= 0.6 is 15.9 Å². The van der Waals surface area contributed by atoms with Gasteiger partial charge < -0.3 is 9.42 Å². The Morgan fingerprint density at radius 1 is 1.35 bits per heavy atom. The molecule has 0 spiro atoms. The van der Waals surface area contributed by atoms with Crippen LogP contribution in [0.1, 0.15) is 24.3 Å². The van der Waals surface area contributed by atoms with E-state index in [0.29, 0.717) is 18.4 Å². The second-order valence-electron chi connectivity index (χ2n) is 5.30. The van der Waals surface area contributed by atoms with E-state index in [2.05, 4.69) is 49.6 Å². The fourth-order valence-electron chi connectivity index (χ4n) is 2.26. The van der Waals surface area contributed by atoms with E-state index in [4.69, 9.17) is 4.52 Å². The molecule has 5 nitrogen and oxygen atoms in total. The summed E-state index contributed by atoms with van der Waals surface area (Å²) in [4.78, 5) is 6.16. The van der Waals surface area contributed by atoms with Crippen molar-refractivity contribution in [2.45, 2.75) is 24.9 Å². The Kier molecular flexibility index (Phi) is 3.52. The lowest BCUT2D eigenvalue weighted by Gasteiger charge is -2.18. The molecule has 0 aliphatic heterocycles. The van der Waals surface area contributed by atoms with E-state index in [0.717, 1.165) is 17.3 Å². The Morgan fingerprint density at radius 3 is 2.70 bits per heavy atom. The van der Waals surface area contributed by atoms with E-state index in [1.165, 1.54) is 5.56 Å². The number of hydrogen-bond donors (Lipinski definition) is 1. The summed E-state index contributed by atoms with van der Waals surface area (Å²) in [5.74, 6) is 1.22. The fraction of sp³-hybridized carbons (Fsp3) is 0.429. The maximum atomic E-state index is 5.24. The molecule has 1 heterocycles. The predicted molar refractivity (Wildman–Crippen MR) is 80.5 cm³/mol. The summed E-state index contributed by atoms with van der Waals surface area (Å²) in [6, 6.07) is 8.33. The molecule has 1 N–H and O–H groups in total. The molecule has 1 aliphatic rings. The van der Waals surface area contributed by atoms with Crippen LogP contribution in [0.2, 0.25) is 0 Å². The van der Waals surface area contributed by atoms with Crippen molar-refractivity contribution in [1.82, 2.24) is 15.5 Å². The summed E-state index contributed by atoms with van der Waals surface area (Å²) < 4.78 is 6.38. The first-order chi connectivity index (χ1) is 9.61. The van der Waals surface area contributed by atoms with Crippen molar-refractivity contribution in [3.05, 3.63) is 40.2 Å². The van der Waals surface area contributed by atoms with Crippen LogP contribution < -0.4 is 10.2 Å². The van der Waals surface area contributed by atoms with Crippen molar-refractivity contribution in [3.8, 4) is 0 Å². The highest BCUT2D eigenvalue weighted by Gasteiger charge is 2.45. The number of aromatic nitrogens is 2. The minimum Gasteiger partial charge on any atom is -0.344 e. The van der Waals surface area contributed by atoms with Crippen LogP contribution in [0.3, 0.4) is 0 Å². The lowest BCUT2D eigenvalue weighted by Crippen LogP contribution is -2.28. The average molecular weight is 337 g/mol. The van der Waals surface area contributed by atoms with Gasteiger partial charge in [0.2, 0.25) is 5.89 Å². The Bertz CT molecular complexity index is 607. The van der Waals surface area contributed by atoms with Gasteiger partial charge in [0.25, 0.3) is 5.95 Å². The molecule has 1 aromatic carbocycles. The third-order valence-electron chi connectivity index (χ3n) is 3.57. The molecule has 0 radical (unpaired) electrons. The van der Waals surface area contributed by atoms with E-state index >= 15 is 0 Å². The van der Waals surface area contributed by atoms with Crippen LogP contribution in [-0.2, 0) is 12.1 Å². The zero-order valence-electron chi connectivity index (χ0n) is 11.6. The standard InChI is InChI=1S/C14H17BrN4O/c1-19(2)13-17-12(20-18-13)9-16-14(7-8-14)10-5-3-4-6-11(10)15/h3-6,16H,7-9H2,1-2H3. The number of rotatable bonds is 5. The van der Waals surface area contributed by atoms with Gasteiger partial charge in [0.15, 0.2) is 0 Å². The SMILES string of the molecule is CN(C)c1noc(CNC2(c3ccccc3Br)CC2)n1. The molecule has 3 rings (SSSR count). The number of halogens is 1. The maximum Gasteiger partial charge on any atom is 0.265 e. The fourth-order valence-corrected chi connectivity index (χ4v) is 2.92. The van der Waals surface area contributed by atoms with Gasteiger partial charge in [-0.2, -0.15) is 4.98 Å². The summed E-state index contributed by atoms with van der Waals surface area (Å²) in [5, 5.41) is 7.47. The molecule has 1 aliphatic carbocycles. The van der Waals surface area contributed by atoms with Crippen molar-refractivity contribution in [1.29, 1.82) is 0 Å². The Hall–Kier alpha value is -1.40. The second-order valence-corrected chi connectivity index (χ2v) is 6.15. The topological polar surface area (TPSA) is 54.2 Å². The van der Waals surface area contributed by atoms with Gasteiger partial charge in [0, 0.05) is 24.1 Å². The molecule has 0 unspecified atom stereocenters. The molecule has 1 aromatic heterocycles. The lowest BCUT2D eigenvalue weighted by molar-refractivity contribution is 0.353. The number of nitrogens with one attached hydrogen (secondary N) is 1. The quantitative estimate of drug-likeness (QED) is 0.909. The largest absolute Gasteiger partial charge is 0.344 e. The Balaban J connectivity index is 1.70. The minimum atomic E-state index is 0.0485. The van der Waals surface area contributed by atoms with Crippen molar-refractivity contribution >= 4 is 21.9 Å². The van der Waals surface area contributed by atoms with E-state index in [9.17, 15) is 0 Å². The molecule has 0 saturated heterocycles. The first-order valence-corrected chi connectivity index (χ1v) is 7.40. The molecule has 0 bridgehead atoms. The summed E-state index contributed by atoms with van der Waals surface area (Å²) in [7, 11) is 3.79. The predicted octanol–water partition coefficient (Wildman–Crippen LogP) is 2.68. The molecule has 6 heteroatoms. The summed E-state index contributed by atoms with van der Waals surface area (Å²) in [6.07, 6.45) is 2.26. The van der Waals surface area contributed by atoms with Crippen molar-refractivity contribution in [2.24, 2.45) is 0 Å². The first-order valence-electron chi connectivity index (χ1n) is 6.61. The highest BCUT2D eigenvalue weighted by molar-refractivity contribution is 9.10. The molecule has 106 valence electrons. The molecular formula is C14H17BrN4O. The molecule has 2 aromatic rings. The van der Waals surface area contributed by atoms with Gasteiger partial charge in [-0.1, -0.05) is 34.1 Å². The van der Waals surface area contributed by atoms with Gasteiger partial charge in [-0.3, -0.25) is 5.32 Å². The van der Waals surface area contributed by atoms with Crippen molar-refractivity contribution in [3.63, 3.8) is 0 Å². The molecule has 20 heavy (non-hydrogen) atoms. The summed E-state index contributed by atoms with van der Waals surface area (Å²) in [6.45, 7) is 0.585. The van der Waals surface area contributed by atoms with E-state index in [-0.39, 0.29) is 5.54 Å². The third kappa shape index (κ3) is 2.58. The minimum absolute atomic E-state index is 0.0485. The highest BCUT2D eigenvalue weighted by atomic mass is 79.9. The van der Waals surface area contributed by atoms with Gasteiger partial charge in [-0.25, -0.2) is 0 Å². The number of nitrogens with zero attached hydrogens (tertiary/aromatic N) is 3. The van der Waals surface area contributed by atoms with E-state index in [1.54, 1.807) is 0 Å². The van der Waals surface area contributed by atoms with Crippen LogP contribution in [0.25, 0.3) is 0 Å². The first kappa shape index (κ1) is 13.6.